The van der Waals surface area contributed by atoms with Gasteiger partial charge >= 0.3 is 0 Å². The first-order valence-corrected chi connectivity index (χ1v) is 14.3. The van der Waals surface area contributed by atoms with Crippen LogP contribution < -0.4 is 4.74 Å². The number of aromatic hydroxyl groups is 1. The van der Waals surface area contributed by atoms with Crippen LogP contribution >= 0.6 is 0 Å². The average Bonchev–Trinajstić information content (AvgIpc) is 3.00. The van der Waals surface area contributed by atoms with E-state index in [9.17, 15) is 22.7 Å². The summed E-state index contributed by atoms with van der Waals surface area (Å²) in [5.41, 5.74) is 0.270. The highest BCUT2D eigenvalue weighted by Crippen LogP contribution is 2.39. The number of benzene rings is 3. The van der Waals surface area contributed by atoms with Gasteiger partial charge in [0.25, 0.3) is 0 Å². The number of halogens is 6. The first kappa shape index (κ1) is 30.0. The van der Waals surface area contributed by atoms with E-state index in [1.165, 1.54) is 36.4 Å². The van der Waals surface area contributed by atoms with Gasteiger partial charge in [-0.3, -0.25) is 0 Å². The van der Waals surface area contributed by atoms with Crippen LogP contribution in [0.4, 0.5) is 26.3 Å². The van der Waals surface area contributed by atoms with Crippen molar-refractivity contribution in [3.63, 3.8) is 0 Å². The number of allylic oxidation sites excluding steroid dienone is 2. The third kappa shape index (κ3) is 6.02. The quantitative estimate of drug-likeness (QED) is 0.266. The second-order valence-corrected chi connectivity index (χ2v) is 10.9. The van der Waals surface area contributed by atoms with Crippen molar-refractivity contribution in [2.75, 3.05) is 13.2 Å². The molecule has 9 heteroatoms. The molecule has 5 rings (SSSR count). The normalized spacial score (nSPS) is 20.8. The molecule has 3 nitrogen and oxygen atoms in total. The third-order valence-electron chi connectivity index (χ3n) is 8.36. The Morgan fingerprint density at radius 2 is 1.36 bits per heavy atom. The lowest BCUT2D eigenvalue weighted by Crippen LogP contribution is -2.24. The van der Waals surface area contributed by atoms with Gasteiger partial charge in [-0.05, 0) is 93.0 Å². The predicted octanol–water partition coefficient (Wildman–Crippen LogP) is 9.22. The predicted molar refractivity (Wildman–Crippen MR) is 147 cm³/mol. The Labute approximate surface area is 240 Å². The summed E-state index contributed by atoms with van der Waals surface area (Å²) in [6.07, 6.45) is 6.41. The first-order valence-electron chi connectivity index (χ1n) is 14.3. The molecular weight excluding hydrogens is 558 g/mol. The van der Waals surface area contributed by atoms with Crippen molar-refractivity contribution in [2.24, 2.45) is 5.92 Å². The van der Waals surface area contributed by atoms with E-state index in [0.29, 0.717) is 57.1 Å². The summed E-state index contributed by atoms with van der Waals surface area (Å²) in [5, 5.41) is 9.36. The largest absolute Gasteiger partial charge is 0.505 e. The van der Waals surface area contributed by atoms with Crippen LogP contribution in [0, 0.1) is 40.8 Å². The molecule has 2 aliphatic rings. The van der Waals surface area contributed by atoms with Gasteiger partial charge in [-0.25, -0.2) is 17.6 Å². The zero-order chi connectivity index (χ0) is 30.0. The maximum absolute atomic E-state index is 15.1. The topological polar surface area (TPSA) is 38.7 Å². The van der Waals surface area contributed by atoms with Gasteiger partial charge in [0, 0.05) is 16.7 Å². The van der Waals surface area contributed by atoms with Crippen LogP contribution in [0.1, 0.15) is 68.9 Å². The molecule has 42 heavy (non-hydrogen) atoms. The minimum absolute atomic E-state index is 0.00330. The Hall–Kier alpha value is -3.46. The van der Waals surface area contributed by atoms with Gasteiger partial charge < -0.3 is 14.6 Å². The van der Waals surface area contributed by atoms with E-state index in [2.05, 4.69) is 0 Å². The number of phenols is 1. The zero-order valence-corrected chi connectivity index (χ0v) is 23.2. The lowest BCUT2D eigenvalue weighted by Gasteiger charge is -2.31. The molecule has 224 valence electrons. The molecule has 0 radical (unpaired) electrons. The SMILES string of the molecule is CCOc1ccc(-c2ccc(C3=CCC(COC4CCC(c5ccc(O)c(F)c5F)CC4)CC3)c(F)c2F)c(F)c1F. The Kier molecular flexibility index (Phi) is 9.16. The van der Waals surface area contributed by atoms with Crippen LogP contribution in [0.2, 0.25) is 0 Å². The van der Waals surface area contributed by atoms with Crippen molar-refractivity contribution in [3.05, 3.63) is 88.5 Å². The summed E-state index contributed by atoms with van der Waals surface area (Å²) in [6.45, 7) is 2.25. The summed E-state index contributed by atoms with van der Waals surface area (Å²) in [6, 6.07) is 7.63. The fraction of sp³-hybridized carbons (Fsp3) is 0.394. The molecule has 0 saturated heterocycles. The summed E-state index contributed by atoms with van der Waals surface area (Å²) >= 11 is 0. The third-order valence-corrected chi connectivity index (χ3v) is 8.36. The lowest BCUT2D eigenvalue weighted by molar-refractivity contribution is 0.00321. The number of hydrogen-bond acceptors (Lipinski definition) is 3. The second kappa shape index (κ2) is 12.8. The highest BCUT2D eigenvalue weighted by molar-refractivity contribution is 5.72. The standard InChI is InChI=1S/C33H32F6O3/c1-2-41-27-16-14-25(31(37)33(27)39)24-12-11-22(28(34)30(24)36)19-5-3-18(4-6-19)17-42-21-9-7-20(8-10-21)23-13-15-26(40)32(38)29(23)35/h5,11-16,18,20-21,40H,2-4,6-10,17H2,1H3. The van der Waals surface area contributed by atoms with E-state index in [-0.39, 0.29) is 52.5 Å². The lowest BCUT2D eigenvalue weighted by atomic mass is 9.82. The summed E-state index contributed by atoms with van der Waals surface area (Å²) in [7, 11) is 0. The van der Waals surface area contributed by atoms with Crippen LogP contribution in [0.15, 0.2) is 42.5 Å². The van der Waals surface area contributed by atoms with Gasteiger partial charge in [-0.15, -0.1) is 0 Å². The molecule has 0 bridgehead atoms. The van der Waals surface area contributed by atoms with Crippen LogP contribution in [-0.4, -0.2) is 24.4 Å². The second-order valence-electron chi connectivity index (χ2n) is 10.9. The molecule has 0 heterocycles. The number of phenolic OH excluding ortho intramolecular Hbond substituents is 1. The van der Waals surface area contributed by atoms with Gasteiger partial charge in [0.2, 0.25) is 11.6 Å². The van der Waals surface area contributed by atoms with Gasteiger partial charge in [-0.2, -0.15) is 8.78 Å². The summed E-state index contributed by atoms with van der Waals surface area (Å²) < 4.78 is 98.3. The number of rotatable bonds is 8. The van der Waals surface area contributed by atoms with E-state index in [1.807, 2.05) is 6.08 Å². The molecule has 3 aromatic carbocycles. The van der Waals surface area contributed by atoms with Crippen molar-refractivity contribution in [2.45, 2.75) is 63.9 Å². The van der Waals surface area contributed by atoms with Gasteiger partial charge in [0.05, 0.1) is 19.3 Å². The van der Waals surface area contributed by atoms with Crippen LogP contribution in [-0.2, 0) is 4.74 Å². The van der Waals surface area contributed by atoms with Crippen LogP contribution in [0.25, 0.3) is 16.7 Å². The fourth-order valence-electron chi connectivity index (χ4n) is 5.98. The van der Waals surface area contributed by atoms with Crippen molar-refractivity contribution in [1.82, 2.24) is 0 Å². The van der Waals surface area contributed by atoms with Crippen LogP contribution in [0.5, 0.6) is 11.5 Å². The Balaban J connectivity index is 1.17. The fourth-order valence-corrected chi connectivity index (χ4v) is 5.98. The molecular formula is C33H32F6O3. The van der Waals surface area contributed by atoms with E-state index in [1.54, 1.807) is 6.92 Å². The smallest absolute Gasteiger partial charge is 0.201 e. The highest BCUT2D eigenvalue weighted by atomic mass is 19.2. The molecule has 1 N–H and O–H groups in total. The number of ether oxygens (including phenoxy) is 2. The molecule has 0 amide bonds. The van der Waals surface area contributed by atoms with Gasteiger partial charge in [0.15, 0.2) is 34.8 Å². The first-order chi connectivity index (χ1) is 20.2. The van der Waals surface area contributed by atoms with Gasteiger partial charge in [0.1, 0.15) is 0 Å². The monoisotopic (exact) mass is 590 g/mol. The summed E-state index contributed by atoms with van der Waals surface area (Å²) in [5.74, 6) is -8.04. The van der Waals surface area contributed by atoms with E-state index in [0.717, 1.165) is 0 Å². The van der Waals surface area contributed by atoms with Crippen molar-refractivity contribution in [3.8, 4) is 22.6 Å². The number of hydrogen-bond donors (Lipinski definition) is 1. The molecule has 1 fully saturated rings. The van der Waals surface area contributed by atoms with E-state index < -0.39 is 40.7 Å². The molecule has 1 saturated carbocycles. The minimum Gasteiger partial charge on any atom is -0.505 e. The maximum atomic E-state index is 15.1. The molecule has 1 atom stereocenters. The molecule has 3 aromatic rings. The molecule has 1 unspecified atom stereocenters. The van der Waals surface area contributed by atoms with E-state index in [4.69, 9.17) is 9.47 Å². The molecule has 2 aliphatic carbocycles. The van der Waals surface area contributed by atoms with E-state index >= 15 is 8.78 Å². The summed E-state index contributed by atoms with van der Waals surface area (Å²) in [4.78, 5) is 0. The molecule has 0 aromatic heterocycles. The Morgan fingerprint density at radius 1 is 0.714 bits per heavy atom. The Bertz CT molecular complexity index is 1480. The van der Waals surface area contributed by atoms with Gasteiger partial charge in [-0.1, -0.05) is 24.3 Å². The zero-order valence-electron chi connectivity index (χ0n) is 23.2. The van der Waals surface area contributed by atoms with Crippen molar-refractivity contribution < 1.29 is 40.9 Å². The Morgan fingerprint density at radius 3 is 2.02 bits per heavy atom. The minimum atomic E-state index is -1.30. The molecule has 0 aliphatic heterocycles. The maximum Gasteiger partial charge on any atom is 0.201 e. The van der Waals surface area contributed by atoms with Crippen molar-refractivity contribution in [1.29, 1.82) is 0 Å². The molecule has 0 spiro atoms. The highest BCUT2D eigenvalue weighted by Gasteiger charge is 2.28. The average molecular weight is 591 g/mol. The van der Waals surface area contributed by atoms with Crippen molar-refractivity contribution >= 4 is 5.57 Å². The van der Waals surface area contributed by atoms with Crippen LogP contribution in [0.3, 0.4) is 0 Å².